The second-order valence-electron chi connectivity index (χ2n) is 6.38. The molecule has 1 heterocycles. The molecule has 6 nitrogen and oxygen atoms in total. The zero-order valence-corrected chi connectivity index (χ0v) is 16.5. The predicted molar refractivity (Wildman–Crippen MR) is 110 cm³/mol. The number of benzene rings is 2. The number of rotatable bonds is 6. The molecule has 144 valence electrons. The Bertz CT molecular complexity index is 1070. The third-order valence-corrected chi connectivity index (χ3v) is 6.13. The van der Waals surface area contributed by atoms with Crippen molar-refractivity contribution in [1.82, 2.24) is 4.98 Å². The van der Waals surface area contributed by atoms with Gasteiger partial charge in [-0.1, -0.05) is 24.3 Å². The molecule has 0 radical (unpaired) electrons. The Balaban J connectivity index is 1.97. The highest BCUT2D eigenvalue weighted by molar-refractivity contribution is 7.92. The Morgan fingerprint density at radius 3 is 2.39 bits per heavy atom. The van der Waals surface area contributed by atoms with Gasteiger partial charge in [0, 0.05) is 6.20 Å². The summed E-state index contributed by atoms with van der Waals surface area (Å²) in [6.45, 7) is 3.50. The van der Waals surface area contributed by atoms with E-state index >= 15 is 0 Å². The SMILES string of the molecule is Cc1ccc(N(CC(=O)Nc2cccnc2)S(=O)(=O)c2ccccc2)cc1C. The maximum Gasteiger partial charge on any atom is 0.264 e. The summed E-state index contributed by atoms with van der Waals surface area (Å²) in [5, 5.41) is 2.68. The van der Waals surface area contributed by atoms with Gasteiger partial charge in [0.1, 0.15) is 6.54 Å². The minimum Gasteiger partial charge on any atom is -0.323 e. The van der Waals surface area contributed by atoms with E-state index in [0.717, 1.165) is 15.4 Å². The molecule has 0 saturated heterocycles. The quantitative estimate of drug-likeness (QED) is 0.692. The van der Waals surface area contributed by atoms with E-state index in [1.807, 2.05) is 19.9 Å². The number of sulfonamides is 1. The zero-order valence-electron chi connectivity index (χ0n) is 15.7. The van der Waals surface area contributed by atoms with Crippen LogP contribution in [0.3, 0.4) is 0 Å². The Hall–Kier alpha value is -3.19. The largest absolute Gasteiger partial charge is 0.323 e. The lowest BCUT2D eigenvalue weighted by Crippen LogP contribution is -2.38. The minimum atomic E-state index is -3.91. The first kappa shape index (κ1) is 19.6. The van der Waals surface area contributed by atoms with E-state index in [1.165, 1.54) is 18.3 Å². The molecule has 0 aliphatic rings. The molecule has 0 atom stereocenters. The summed E-state index contributed by atoms with van der Waals surface area (Å²) >= 11 is 0. The molecule has 0 unspecified atom stereocenters. The van der Waals surface area contributed by atoms with Crippen LogP contribution in [0, 0.1) is 13.8 Å². The van der Waals surface area contributed by atoms with Crippen LogP contribution < -0.4 is 9.62 Å². The van der Waals surface area contributed by atoms with Crippen molar-refractivity contribution < 1.29 is 13.2 Å². The summed E-state index contributed by atoms with van der Waals surface area (Å²) in [4.78, 5) is 16.7. The van der Waals surface area contributed by atoms with E-state index in [1.54, 1.807) is 48.7 Å². The van der Waals surface area contributed by atoms with Crippen molar-refractivity contribution >= 4 is 27.3 Å². The Morgan fingerprint density at radius 1 is 1.00 bits per heavy atom. The van der Waals surface area contributed by atoms with Crippen LogP contribution in [0.15, 0.2) is 78.0 Å². The number of aryl methyl sites for hydroxylation is 2. The van der Waals surface area contributed by atoms with Crippen LogP contribution in [-0.2, 0) is 14.8 Å². The molecule has 0 saturated carbocycles. The number of hydrogen-bond acceptors (Lipinski definition) is 4. The summed E-state index contributed by atoms with van der Waals surface area (Å²) in [6.07, 6.45) is 3.10. The Labute approximate surface area is 164 Å². The van der Waals surface area contributed by atoms with Crippen molar-refractivity contribution in [3.8, 4) is 0 Å². The summed E-state index contributed by atoms with van der Waals surface area (Å²) < 4.78 is 27.6. The molecule has 0 fully saturated rings. The first-order chi connectivity index (χ1) is 13.4. The molecule has 7 heteroatoms. The fourth-order valence-electron chi connectivity index (χ4n) is 2.68. The van der Waals surface area contributed by atoms with Gasteiger partial charge in [-0.2, -0.15) is 0 Å². The van der Waals surface area contributed by atoms with Gasteiger partial charge in [-0.15, -0.1) is 0 Å². The number of aromatic nitrogens is 1. The van der Waals surface area contributed by atoms with Gasteiger partial charge in [0.25, 0.3) is 10.0 Å². The van der Waals surface area contributed by atoms with Crippen LogP contribution in [0.1, 0.15) is 11.1 Å². The maximum absolute atomic E-state index is 13.3. The predicted octanol–water partition coefficient (Wildman–Crippen LogP) is 3.53. The fourth-order valence-corrected chi connectivity index (χ4v) is 4.12. The van der Waals surface area contributed by atoms with Gasteiger partial charge in [0.2, 0.25) is 5.91 Å². The van der Waals surface area contributed by atoms with Crippen LogP contribution in [0.4, 0.5) is 11.4 Å². The van der Waals surface area contributed by atoms with E-state index in [-0.39, 0.29) is 11.4 Å². The average molecular weight is 395 g/mol. The number of nitrogens with one attached hydrogen (secondary N) is 1. The zero-order chi connectivity index (χ0) is 20.1. The molecular weight excluding hydrogens is 374 g/mol. The lowest BCUT2D eigenvalue weighted by molar-refractivity contribution is -0.114. The van der Waals surface area contributed by atoms with Gasteiger partial charge in [0.05, 0.1) is 22.5 Å². The number of anilines is 2. The van der Waals surface area contributed by atoms with Gasteiger partial charge in [-0.05, 0) is 61.4 Å². The number of carbonyl (C=O) groups excluding carboxylic acids is 1. The van der Waals surface area contributed by atoms with Gasteiger partial charge >= 0.3 is 0 Å². The summed E-state index contributed by atoms with van der Waals surface area (Å²) in [5.41, 5.74) is 2.93. The maximum atomic E-state index is 13.3. The summed E-state index contributed by atoms with van der Waals surface area (Å²) in [6, 6.07) is 16.8. The monoisotopic (exact) mass is 395 g/mol. The minimum absolute atomic E-state index is 0.127. The van der Waals surface area contributed by atoms with Crippen molar-refractivity contribution in [1.29, 1.82) is 0 Å². The van der Waals surface area contributed by atoms with E-state index in [0.29, 0.717) is 11.4 Å². The molecule has 1 aromatic heterocycles. The molecule has 0 aliphatic heterocycles. The van der Waals surface area contributed by atoms with Crippen LogP contribution >= 0.6 is 0 Å². The molecule has 0 bridgehead atoms. The number of amides is 1. The van der Waals surface area contributed by atoms with Crippen LogP contribution in [-0.4, -0.2) is 25.9 Å². The van der Waals surface area contributed by atoms with Crippen molar-refractivity contribution in [3.05, 3.63) is 84.2 Å². The number of carbonyl (C=O) groups is 1. The first-order valence-electron chi connectivity index (χ1n) is 8.73. The molecular formula is C21H21N3O3S. The molecule has 0 aliphatic carbocycles. The highest BCUT2D eigenvalue weighted by atomic mass is 32.2. The Kier molecular flexibility index (Phi) is 5.75. The first-order valence-corrected chi connectivity index (χ1v) is 10.2. The van der Waals surface area contributed by atoms with Crippen LogP contribution in [0.5, 0.6) is 0 Å². The second-order valence-corrected chi connectivity index (χ2v) is 8.25. The topological polar surface area (TPSA) is 79.4 Å². The molecule has 1 amide bonds. The third kappa shape index (κ3) is 4.37. The molecule has 1 N–H and O–H groups in total. The standard InChI is InChI=1S/C21H21N3O3S/c1-16-10-11-19(13-17(16)2)24(28(26,27)20-8-4-3-5-9-20)15-21(25)23-18-7-6-12-22-14-18/h3-14H,15H2,1-2H3,(H,23,25). The van der Waals surface area contributed by atoms with Crippen LogP contribution in [0.2, 0.25) is 0 Å². The van der Waals surface area contributed by atoms with Crippen molar-refractivity contribution in [2.24, 2.45) is 0 Å². The summed E-state index contributed by atoms with van der Waals surface area (Å²) in [7, 11) is -3.91. The van der Waals surface area contributed by atoms with E-state index in [2.05, 4.69) is 10.3 Å². The van der Waals surface area contributed by atoms with Gasteiger partial charge in [0.15, 0.2) is 0 Å². The van der Waals surface area contributed by atoms with Gasteiger partial charge in [-0.25, -0.2) is 8.42 Å². The highest BCUT2D eigenvalue weighted by Crippen LogP contribution is 2.25. The van der Waals surface area contributed by atoms with Crippen molar-refractivity contribution in [2.75, 3.05) is 16.2 Å². The highest BCUT2D eigenvalue weighted by Gasteiger charge is 2.27. The van der Waals surface area contributed by atoms with Gasteiger partial charge < -0.3 is 5.32 Å². The van der Waals surface area contributed by atoms with E-state index in [4.69, 9.17) is 0 Å². The lowest BCUT2D eigenvalue weighted by Gasteiger charge is -2.24. The van der Waals surface area contributed by atoms with Crippen molar-refractivity contribution in [2.45, 2.75) is 18.7 Å². The van der Waals surface area contributed by atoms with Gasteiger partial charge in [-0.3, -0.25) is 14.1 Å². The normalized spacial score (nSPS) is 11.1. The second kappa shape index (κ2) is 8.22. The smallest absolute Gasteiger partial charge is 0.264 e. The van der Waals surface area contributed by atoms with Crippen LogP contribution in [0.25, 0.3) is 0 Å². The molecule has 28 heavy (non-hydrogen) atoms. The molecule has 3 aromatic rings. The third-order valence-electron chi connectivity index (χ3n) is 4.34. The van der Waals surface area contributed by atoms with Crippen molar-refractivity contribution in [3.63, 3.8) is 0 Å². The lowest BCUT2D eigenvalue weighted by atomic mass is 10.1. The summed E-state index contributed by atoms with van der Waals surface area (Å²) in [5.74, 6) is -0.453. The fraction of sp³-hybridized carbons (Fsp3) is 0.143. The average Bonchev–Trinajstić information content (AvgIpc) is 2.70. The number of hydrogen-bond donors (Lipinski definition) is 1. The van der Waals surface area contributed by atoms with E-state index < -0.39 is 15.9 Å². The molecule has 2 aromatic carbocycles. The molecule has 3 rings (SSSR count). The van der Waals surface area contributed by atoms with E-state index in [9.17, 15) is 13.2 Å². The number of pyridine rings is 1. The Morgan fingerprint density at radius 2 is 1.75 bits per heavy atom. The number of nitrogens with zero attached hydrogens (tertiary/aromatic N) is 2. The molecule has 0 spiro atoms.